The van der Waals surface area contributed by atoms with Crippen LogP contribution in [0.4, 0.5) is 0 Å². The van der Waals surface area contributed by atoms with Gasteiger partial charge in [-0.05, 0) is 28.5 Å². The molecule has 0 amide bonds. The van der Waals surface area contributed by atoms with Crippen LogP contribution < -0.4 is 14.5 Å². The highest BCUT2D eigenvalue weighted by molar-refractivity contribution is 7.89. The van der Waals surface area contributed by atoms with Crippen molar-refractivity contribution in [1.82, 2.24) is 4.72 Å². The molecule has 6 nitrogen and oxygen atoms in total. The molecule has 0 aromatic heterocycles. The molecule has 3 aromatic carbocycles. The molecule has 0 bridgehead atoms. The largest absolute Gasteiger partial charge is 0.391 e. The van der Waals surface area contributed by atoms with Crippen LogP contribution in [-0.4, -0.2) is 52.9 Å². The zero-order valence-electron chi connectivity index (χ0n) is 17.4. The second-order valence-electron chi connectivity index (χ2n) is 8.56. The molecule has 1 aliphatic heterocycles. The van der Waals surface area contributed by atoms with Gasteiger partial charge in [-0.2, -0.15) is 4.72 Å². The Kier molecular flexibility index (Phi) is 5.54. The Balaban J connectivity index is 1.53. The molecular formula is C24H29N3O3S+2. The Labute approximate surface area is 183 Å². The minimum atomic E-state index is -3.65. The summed E-state index contributed by atoms with van der Waals surface area (Å²) in [5.41, 5.74) is 2.30. The number of hydrogen-bond donors (Lipinski definition) is 4. The van der Waals surface area contributed by atoms with E-state index in [-0.39, 0.29) is 18.7 Å². The van der Waals surface area contributed by atoms with Crippen molar-refractivity contribution in [3.63, 3.8) is 0 Å². The topological polar surface area (TPSA) is 75.3 Å². The third-order valence-corrected chi connectivity index (χ3v) is 8.27. The summed E-state index contributed by atoms with van der Waals surface area (Å²) in [6, 6.07) is 20.9. The molecule has 7 heteroatoms. The normalized spacial score (nSPS) is 25.7. The summed E-state index contributed by atoms with van der Waals surface area (Å²) in [7, 11) is -3.65. The number of hydrogen-bond acceptors (Lipinski definition) is 3. The monoisotopic (exact) mass is 439 g/mol. The zero-order valence-corrected chi connectivity index (χ0v) is 18.2. The van der Waals surface area contributed by atoms with E-state index in [0.717, 1.165) is 43.7 Å². The van der Waals surface area contributed by atoms with Crippen molar-refractivity contribution in [3.8, 4) is 0 Å². The lowest BCUT2D eigenvalue weighted by Crippen LogP contribution is -3.28. The van der Waals surface area contributed by atoms with Gasteiger partial charge in [0.05, 0.1) is 11.5 Å². The van der Waals surface area contributed by atoms with E-state index in [2.05, 4.69) is 35.1 Å². The molecular weight excluding hydrogens is 410 g/mol. The molecule has 5 rings (SSSR count). The SMILES string of the molecule is O=S(=O)(N[C@H]1c2cccc3cccc(c23)[C@H]1[NH+]1CC[NH+](CCO)CC1)c1ccccc1. The van der Waals surface area contributed by atoms with Crippen molar-refractivity contribution in [2.75, 3.05) is 39.3 Å². The van der Waals surface area contributed by atoms with Crippen LogP contribution in [-0.2, 0) is 10.0 Å². The minimum absolute atomic E-state index is 0.0373. The van der Waals surface area contributed by atoms with Gasteiger partial charge in [-0.15, -0.1) is 0 Å². The molecule has 0 spiro atoms. The number of rotatable bonds is 6. The summed E-state index contributed by atoms with van der Waals surface area (Å²) >= 11 is 0. The fourth-order valence-electron chi connectivity index (χ4n) is 5.34. The highest BCUT2D eigenvalue weighted by Crippen LogP contribution is 2.43. The van der Waals surface area contributed by atoms with Crippen LogP contribution in [0.15, 0.2) is 71.6 Å². The summed E-state index contributed by atoms with van der Waals surface area (Å²) in [5.74, 6) is 0. The van der Waals surface area contributed by atoms with Crippen LogP contribution in [0.5, 0.6) is 0 Å². The molecule has 3 aromatic rings. The first-order chi connectivity index (χ1) is 15.1. The van der Waals surface area contributed by atoms with Gasteiger partial charge in [0.25, 0.3) is 0 Å². The first kappa shape index (κ1) is 20.6. The molecule has 2 aliphatic rings. The van der Waals surface area contributed by atoms with E-state index in [1.165, 1.54) is 20.7 Å². The van der Waals surface area contributed by atoms with E-state index < -0.39 is 10.0 Å². The van der Waals surface area contributed by atoms with Crippen molar-refractivity contribution in [2.45, 2.75) is 17.0 Å². The number of aliphatic hydroxyl groups excluding tert-OH is 1. The zero-order chi connectivity index (χ0) is 21.4. The third kappa shape index (κ3) is 3.77. The summed E-state index contributed by atoms with van der Waals surface area (Å²) < 4.78 is 29.6. The van der Waals surface area contributed by atoms with E-state index in [1.54, 1.807) is 24.3 Å². The van der Waals surface area contributed by atoms with Crippen molar-refractivity contribution >= 4 is 20.8 Å². The quantitative estimate of drug-likeness (QED) is 0.426. The molecule has 1 heterocycles. The molecule has 2 atom stereocenters. The first-order valence-electron chi connectivity index (χ1n) is 11.0. The predicted octanol–water partition coefficient (Wildman–Crippen LogP) is -0.310. The second kappa shape index (κ2) is 8.33. The molecule has 1 saturated heterocycles. The predicted molar refractivity (Wildman–Crippen MR) is 120 cm³/mol. The van der Waals surface area contributed by atoms with E-state index in [9.17, 15) is 13.5 Å². The molecule has 1 aliphatic carbocycles. The van der Waals surface area contributed by atoms with Crippen molar-refractivity contribution in [1.29, 1.82) is 0 Å². The van der Waals surface area contributed by atoms with Crippen molar-refractivity contribution < 1.29 is 23.3 Å². The van der Waals surface area contributed by atoms with Crippen molar-refractivity contribution in [2.24, 2.45) is 0 Å². The number of nitrogens with one attached hydrogen (secondary N) is 3. The number of sulfonamides is 1. The standard InChI is InChI=1S/C24H27N3O3S/c28-17-16-26-12-14-27(15-13-26)24-21-11-5-7-18-6-4-10-20(22(18)21)23(24)25-31(29,30)19-8-2-1-3-9-19/h1-11,23-25,28H,12-17H2/p+2/t23-,24+/m0/s1. The minimum Gasteiger partial charge on any atom is -0.391 e. The van der Waals surface area contributed by atoms with Gasteiger partial charge in [0.15, 0.2) is 0 Å². The maximum Gasteiger partial charge on any atom is 0.241 e. The van der Waals surface area contributed by atoms with Crippen LogP contribution in [0, 0.1) is 0 Å². The molecule has 0 radical (unpaired) electrons. The number of piperazine rings is 1. The van der Waals surface area contributed by atoms with Gasteiger partial charge in [-0.1, -0.05) is 54.6 Å². The Hall–Kier alpha value is -2.29. The molecule has 31 heavy (non-hydrogen) atoms. The Morgan fingerprint density at radius 3 is 2.23 bits per heavy atom. The number of benzene rings is 3. The highest BCUT2D eigenvalue weighted by Gasteiger charge is 2.44. The maximum atomic E-state index is 13.3. The summed E-state index contributed by atoms with van der Waals surface area (Å²) in [5, 5.41) is 11.6. The van der Waals surface area contributed by atoms with Gasteiger partial charge in [0, 0.05) is 5.56 Å². The molecule has 0 saturated carbocycles. The van der Waals surface area contributed by atoms with Crippen LogP contribution in [0.2, 0.25) is 0 Å². The fraction of sp³-hybridized carbons (Fsp3) is 0.333. The molecule has 162 valence electrons. The lowest BCUT2D eigenvalue weighted by Gasteiger charge is -2.36. The summed E-state index contributed by atoms with van der Waals surface area (Å²) in [4.78, 5) is 3.12. The van der Waals surface area contributed by atoms with Gasteiger partial charge in [0.1, 0.15) is 44.8 Å². The lowest BCUT2D eigenvalue weighted by molar-refractivity contribution is -1.03. The lowest BCUT2D eigenvalue weighted by atomic mass is 10.0. The molecule has 0 unspecified atom stereocenters. The smallest absolute Gasteiger partial charge is 0.241 e. The molecule has 1 fully saturated rings. The third-order valence-electron chi connectivity index (χ3n) is 6.81. The summed E-state index contributed by atoms with van der Waals surface area (Å²) in [6.07, 6.45) is 0. The average molecular weight is 440 g/mol. The van der Waals surface area contributed by atoms with Crippen LogP contribution in [0.3, 0.4) is 0 Å². The first-order valence-corrected chi connectivity index (χ1v) is 12.4. The van der Waals surface area contributed by atoms with Gasteiger partial charge in [-0.25, -0.2) is 8.42 Å². The van der Waals surface area contributed by atoms with E-state index in [4.69, 9.17) is 0 Å². The Morgan fingerprint density at radius 1 is 0.871 bits per heavy atom. The van der Waals surface area contributed by atoms with E-state index in [1.807, 2.05) is 12.1 Å². The summed E-state index contributed by atoms with van der Waals surface area (Å²) in [6.45, 7) is 4.85. The van der Waals surface area contributed by atoms with Crippen LogP contribution >= 0.6 is 0 Å². The van der Waals surface area contributed by atoms with E-state index in [0.29, 0.717) is 4.90 Å². The fourth-order valence-corrected chi connectivity index (χ4v) is 6.59. The molecule has 4 N–H and O–H groups in total. The van der Waals surface area contributed by atoms with Gasteiger partial charge in [-0.3, -0.25) is 0 Å². The Bertz CT molecular complexity index is 1170. The van der Waals surface area contributed by atoms with Crippen LogP contribution in [0.1, 0.15) is 23.2 Å². The number of quaternary nitrogens is 2. The van der Waals surface area contributed by atoms with E-state index >= 15 is 0 Å². The van der Waals surface area contributed by atoms with Gasteiger partial charge >= 0.3 is 0 Å². The highest BCUT2D eigenvalue weighted by atomic mass is 32.2. The maximum absolute atomic E-state index is 13.3. The van der Waals surface area contributed by atoms with Gasteiger partial charge in [0.2, 0.25) is 10.0 Å². The second-order valence-corrected chi connectivity index (χ2v) is 10.3. The average Bonchev–Trinajstić information content (AvgIpc) is 3.10. The Morgan fingerprint density at radius 2 is 1.55 bits per heavy atom. The van der Waals surface area contributed by atoms with Gasteiger partial charge < -0.3 is 14.9 Å². The van der Waals surface area contributed by atoms with Crippen molar-refractivity contribution in [3.05, 3.63) is 77.9 Å². The van der Waals surface area contributed by atoms with Crippen LogP contribution in [0.25, 0.3) is 10.8 Å². The number of aliphatic hydroxyl groups is 1.